The Morgan fingerprint density at radius 1 is 0.862 bits per heavy atom. The SMILES string of the molecule is Cc1ccc(CS(=O)(=O)N2CCN(c3ccc(-n4ccc(C)n4)nn3)CC2)cc1. The quantitative estimate of drug-likeness (QED) is 0.637. The maximum Gasteiger partial charge on any atom is 0.218 e. The number of aryl methyl sites for hydroxylation is 2. The lowest BCUT2D eigenvalue weighted by molar-refractivity contribution is 0.383. The standard InChI is InChI=1S/C20H24N6O2S/c1-16-3-5-18(6-4-16)15-29(27,28)25-13-11-24(12-14-25)19-7-8-20(22-21-19)26-10-9-17(2)23-26/h3-10H,11-15H2,1-2H3. The van der Waals surface area contributed by atoms with Crippen molar-refractivity contribution in [2.75, 3.05) is 31.1 Å². The summed E-state index contributed by atoms with van der Waals surface area (Å²) in [4.78, 5) is 2.06. The van der Waals surface area contributed by atoms with Crippen LogP contribution in [0.5, 0.6) is 0 Å². The van der Waals surface area contributed by atoms with Gasteiger partial charge in [-0.25, -0.2) is 13.1 Å². The van der Waals surface area contributed by atoms with Crippen LogP contribution in [0.2, 0.25) is 0 Å². The van der Waals surface area contributed by atoms with E-state index in [1.165, 1.54) is 0 Å². The lowest BCUT2D eigenvalue weighted by Gasteiger charge is -2.34. The summed E-state index contributed by atoms with van der Waals surface area (Å²) in [6, 6.07) is 13.3. The van der Waals surface area contributed by atoms with E-state index in [0.717, 1.165) is 22.6 Å². The Labute approximate surface area is 170 Å². The molecule has 0 radical (unpaired) electrons. The first-order chi connectivity index (χ1) is 13.9. The predicted octanol–water partition coefficient (Wildman–Crippen LogP) is 1.93. The highest BCUT2D eigenvalue weighted by Crippen LogP contribution is 2.18. The minimum atomic E-state index is -3.34. The molecule has 0 N–H and O–H groups in total. The van der Waals surface area contributed by atoms with Crippen LogP contribution < -0.4 is 4.90 Å². The molecule has 29 heavy (non-hydrogen) atoms. The Bertz CT molecular complexity index is 1070. The van der Waals surface area contributed by atoms with E-state index < -0.39 is 10.0 Å². The van der Waals surface area contributed by atoms with Gasteiger partial charge in [0.15, 0.2) is 11.6 Å². The Kier molecular flexibility index (Phi) is 5.33. The summed E-state index contributed by atoms with van der Waals surface area (Å²) in [5.74, 6) is 1.43. The van der Waals surface area contributed by atoms with E-state index in [4.69, 9.17) is 0 Å². The first-order valence-corrected chi connectivity index (χ1v) is 11.2. The van der Waals surface area contributed by atoms with Gasteiger partial charge in [0.05, 0.1) is 11.4 Å². The Hall–Kier alpha value is -2.78. The van der Waals surface area contributed by atoms with E-state index in [0.29, 0.717) is 32.0 Å². The molecule has 1 aliphatic heterocycles. The van der Waals surface area contributed by atoms with E-state index in [1.54, 1.807) is 8.99 Å². The molecule has 0 aliphatic carbocycles. The third kappa shape index (κ3) is 4.46. The smallest absolute Gasteiger partial charge is 0.218 e. The number of rotatable bonds is 5. The summed E-state index contributed by atoms with van der Waals surface area (Å²) in [7, 11) is -3.34. The number of nitrogens with zero attached hydrogens (tertiary/aromatic N) is 6. The van der Waals surface area contributed by atoms with Crippen LogP contribution in [0.15, 0.2) is 48.7 Å². The van der Waals surface area contributed by atoms with Crippen LogP contribution in [0.3, 0.4) is 0 Å². The number of benzene rings is 1. The minimum absolute atomic E-state index is 0.0328. The van der Waals surface area contributed by atoms with Crippen molar-refractivity contribution in [3.8, 4) is 5.82 Å². The van der Waals surface area contributed by atoms with Crippen LogP contribution in [0, 0.1) is 13.8 Å². The molecule has 1 aliphatic rings. The molecule has 8 nitrogen and oxygen atoms in total. The molecule has 2 aromatic heterocycles. The van der Waals surface area contributed by atoms with Crippen LogP contribution in [-0.4, -0.2) is 58.9 Å². The van der Waals surface area contributed by atoms with Crippen LogP contribution in [-0.2, 0) is 15.8 Å². The van der Waals surface area contributed by atoms with Gasteiger partial charge in [-0.2, -0.15) is 9.40 Å². The van der Waals surface area contributed by atoms with E-state index in [1.807, 2.05) is 62.5 Å². The van der Waals surface area contributed by atoms with Crippen LogP contribution >= 0.6 is 0 Å². The Balaban J connectivity index is 1.38. The molecule has 0 saturated carbocycles. The summed E-state index contributed by atoms with van der Waals surface area (Å²) in [6.07, 6.45) is 1.84. The number of aromatic nitrogens is 4. The maximum atomic E-state index is 12.8. The monoisotopic (exact) mass is 412 g/mol. The average molecular weight is 413 g/mol. The molecule has 152 valence electrons. The van der Waals surface area contributed by atoms with Gasteiger partial charge >= 0.3 is 0 Å². The molecule has 9 heteroatoms. The molecule has 3 aromatic rings. The summed E-state index contributed by atoms with van der Waals surface area (Å²) in [6.45, 7) is 5.96. The number of hydrogen-bond donors (Lipinski definition) is 0. The molecular formula is C20H24N6O2S. The van der Waals surface area contributed by atoms with Crippen LogP contribution in [0.25, 0.3) is 5.82 Å². The first-order valence-electron chi connectivity index (χ1n) is 9.55. The zero-order chi connectivity index (χ0) is 20.4. The van der Waals surface area contributed by atoms with E-state index in [9.17, 15) is 8.42 Å². The lowest BCUT2D eigenvalue weighted by atomic mass is 10.2. The van der Waals surface area contributed by atoms with Gasteiger partial charge in [-0.05, 0) is 37.6 Å². The Morgan fingerprint density at radius 3 is 2.10 bits per heavy atom. The van der Waals surface area contributed by atoms with Crippen LogP contribution in [0.4, 0.5) is 5.82 Å². The van der Waals surface area contributed by atoms with Gasteiger partial charge in [-0.3, -0.25) is 0 Å². The van der Waals surface area contributed by atoms with Gasteiger partial charge < -0.3 is 4.90 Å². The Morgan fingerprint density at radius 2 is 1.52 bits per heavy atom. The highest BCUT2D eigenvalue weighted by molar-refractivity contribution is 7.88. The van der Waals surface area contributed by atoms with E-state index in [2.05, 4.69) is 20.2 Å². The largest absolute Gasteiger partial charge is 0.352 e. The van der Waals surface area contributed by atoms with Crippen molar-refractivity contribution < 1.29 is 8.42 Å². The number of piperazine rings is 1. The van der Waals surface area contributed by atoms with Crippen molar-refractivity contribution in [2.45, 2.75) is 19.6 Å². The lowest BCUT2D eigenvalue weighted by Crippen LogP contribution is -2.49. The highest BCUT2D eigenvalue weighted by atomic mass is 32.2. The maximum absolute atomic E-state index is 12.8. The topological polar surface area (TPSA) is 84.2 Å². The minimum Gasteiger partial charge on any atom is -0.352 e. The van der Waals surface area contributed by atoms with Gasteiger partial charge in [0.1, 0.15) is 0 Å². The zero-order valence-corrected chi connectivity index (χ0v) is 17.4. The van der Waals surface area contributed by atoms with E-state index >= 15 is 0 Å². The number of sulfonamides is 1. The summed E-state index contributed by atoms with van der Waals surface area (Å²) in [5.41, 5.74) is 2.85. The van der Waals surface area contributed by atoms with Crippen molar-refractivity contribution in [1.29, 1.82) is 0 Å². The van der Waals surface area contributed by atoms with Crippen LogP contribution in [0.1, 0.15) is 16.8 Å². The van der Waals surface area contributed by atoms with Crippen molar-refractivity contribution in [1.82, 2.24) is 24.3 Å². The van der Waals surface area contributed by atoms with Gasteiger partial charge in [-0.1, -0.05) is 29.8 Å². The third-order valence-electron chi connectivity index (χ3n) is 5.02. The summed E-state index contributed by atoms with van der Waals surface area (Å²) >= 11 is 0. The second-order valence-corrected chi connectivity index (χ2v) is 9.25. The highest BCUT2D eigenvalue weighted by Gasteiger charge is 2.27. The summed E-state index contributed by atoms with van der Waals surface area (Å²) in [5, 5.41) is 12.9. The second-order valence-electron chi connectivity index (χ2n) is 7.28. The fourth-order valence-electron chi connectivity index (χ4n) is 3.33. The molecule has 1 aromatic carbocycles. The fourth-order valence-corrected chi connectivity index (χ4v) is 4.85. The molecule has 0 spiro atoms. The molecule has 4 rings (SSSR count). The average Bonchev–Trinajstić information content (AvgIpc) is 3.16. The van der Waals surface area contributed by atoms with Crippen molar-refractivity contribution >= 4 is 15.8 Å². The predicted molar refractivity (Wildman–Crippen MR) is 111 cm³/mol. The molecular weight excluding hydrogens is 388 g/mol. The van der Waals surface area contributed by atoms with Gasteiger partial charge in [0.2, 0.25) is 10.0 Å². The number of anilines is 1. The van der Waals surface area contributed by atoms with Crippen molar-refractivity contribution in [3.05, 3.63) is 65.5 Å². The zero-order valence-electron chi connectivity index (χ0n) is 16.6. The molecule has 0 unspecified atom stereocenters. The first kappa shape index (κ1) is 19.5. The normalized spacial score (nSPS) is 15.6. The molecule has 3 heterocycles. The second kappa shape index (κ2) is 7.92. The molecule has 1 fully saturated rings. The third-order valence-corrected chi connectivity index (χ3v) is 6.87. The molecule has 1 saturated heterocycles. The fraction of sp³-hybridized carbons (Fsp3) is 0.350. The van der Waals surface area contributed by atoms with Gasteiger partial charge in [0, 0.05) is 32.4 Å². The van der Waals surface area contributed by atoms with Crippen molar-refractivity contribution in [2.24, 2.45) is 0 Å². The number of hydrogen-bond acceptors (Lipinski definition) is 6. The molecule has 0 bridgehead atoms. The molecule has 0 amide bonds. The van der Waals surface area contributed by atoms with Crippen molar-refractivity contribution in [3.63, 3.8) is 0 Å². The van der Waals surface area contributed by atoms with E-state index in [-0.39, 0.29) is 5.75 Å². The summed E-state index contributed by atoms with van der Waals surface area (Å²) < 4.78 is 28.8. The van der Waals surface area contributed by atoms with Gasteiger partial charge in [0.25, 0.3) is 0 Å². The molecule has 0 atom stereocenters. The van der Waals surface area contributed by atoms with Gasteiger partial charge in [-0.15, -0.1) is 10.2 Å².